The molecule has 0 unspecified atom stereocenters. The lowest BCUT2D eigenvalue weighted by Crippen LogP contribution is -2.22. The van der Waals surface area contributed by atoms with Crippen molar-refractivity contribution in [3.8, 4) is 0 Å². The number of nitrogens with one attached hydrogen (secondary N) is 1. The predicted molar refractivity (Wildman–Crippen MR) is 91.5 cm³/mol. The van der Waals surface area contributed by atoms with Gasteiger partial charge in [0.15, 0.2) is 7.29 Å². The lowest BCUT2D eigenvalue weighted by atomic mass is 10.1. The number of amides is 1. The van der Waals surface area contributed by atoms with Crippen LogP contribution in [0.5, 0.6) is 0 Å². The molecular formula is C17H19N2O2P. The van der Waals surface area contributed by atoms with Crippen LogP contribution in [0.25, 0.3) is 11.6 Å². The average molecular weight is 314 g/mol. The first-order valence-electron chi connectivity index (χ1n) is 7.16. The lowest BCUT2D eigenvalue weighted by Gasteiger charge is -2.21. The second-order valence-electron chi connectivity index (χ2n) is 6.04. The fraction of sp³-hybridized carbons (Fsp3) is 0.235. The number of carbonyl (C=O) groups is 1. The number of benzene rings is 1. The van der Waals surface area contributed by atoms with Crippen LogP contribution in [-0.4, -0.2) is 24.2 Å². The fourth-order valence-electron chi connectivity index (χ4n) is 2.89. The zero-order valence-corrected chi connectivity index (χ0v) is 14.1. The minimum absolute atomic E-state index is 0.193. The van der Waals surface area contributed by atoms with Gasteiger partial charge in [-0.25, -0.2) is 0 Å². The Balaban J connectivity index is 2.20. The zero-order chi connectivity index (χ0) is 16.1. The molecule has 1 aromatic heterocycles. The van der Waals surface area contributed by atoms with Gasteiger partial charge in [-0.3, -0.25) is 9.46 Å². The standard InChI is InChI=1S/C17H19N2O2P/c1-11-9-12(2)18-15(11)10-14-13-7-5-6-8-16(13)19(17(14)20)22(3,4)21/h5-10,18H,1-4H3/b14-10-. The van der Waals surface area contributed by atoms with Gasteiger partial charge in [0.2, 0.25) is 0 Å². The van der Waals surface area contributed by atoms with Crippen molar-refractivity contribution < 1.29 is 9.36 Å². The van der Waals surface area contributed by atoms with Gasteiger partial charge in [-0.15, -0.1) is 0 Å². The Bertz CT molecular complexity index is 842. The highest BCUT2D eigenvalue weighted by molar-refractivity contribution is 7.65. The van der Waals surface area contributed by atoms with E-state index in [0.29, 0.717) is 5.57 Å². The number of anilines is 1. The predicted octanol–water partition coefficient (Wildman–Crippen LogP) is 4.06. The normalized spacial score (nSPS) is 16.5. The van der Waals surface area contributed by atoms with Crippen molar-refractivity contribution in [2.24, 2.45) is 0 Å². The van der Waals surface area contributed by atoms with Crippen molar-refractivity contribution >= 4 is 30.5 Å². The second kappa shape index (κ2) is 4.99. The Kier molecular flexibility index (Phi) is 3.37. The summed E-state index contributed by atoms with van der Waals surface area (Å²) < 4.78 is 14.0. The van der Waals surface area contributed by atoms with Crippen LogP contribution in [0, 0.1) is 13.8 Å². The van der Waals surface area contributed by atoms with E-state index in [1.54, 1.807) is 13.3 Å². The largest absolute Gasteiger partial charge is 0.359 e. The summed E-state index contributed by atoms with van der Waals surface area (Å²) in [4.78, 5) is 16.1. The number of carbonyl (C=O) groups excluding carboxylic acids is 1. The molecule has 0 saturated carbocycles. The summed E-state index contributed by atoms with van der Waals surface area (Å²) in [5, 5.41) is 0. The number of para-hydroxylation sites is 1. The highest BCUT2D eigenvalue weighted by Gasteiger charge is 2.38. The molecule has 1 N–H and O–H groups in total. The van der Waals surface area contributed by atoms with Crippen LogP contribution < -0.4 is 4.67 Å². The third kappa shape index (κ3) is 2.34. The van der Waals surface area contributed by atoms with Crippen LogP contribution in [-0.2, 0) is 9.36 Å². The van der Waals surface area contributed by atoms with Gasteiger partial charge in [0.1, 0.15) is 0 Å². The molecule has 1 aliphatic rings. The fourth-order valence-corrected chi connectivity index (χ4v) is 4.12. The maximum atomic E-state index is 12.8. The van der Waals surface area contributed by atoms with E-state index < -0.39 is 7.29 Å². The molecule has 5 heteroatoms. The first-order valence-corrected chi connectivity index (χ1v) is 9.71. The van der Waals surface area contributed by atoms with Gasteiger partial charge >= 0.3 is 0 Å². The van der Waals surface area contributed by atoms with E-state index >= 15 is 0 Å². The monoisotopic (exact) mass is 314 g/mol. The number of H-pyrrole nitrogens is 1. The summed E-state index contributed by atoms with van der Waals surface area (Å²) in [6.07, 6.45) is 1.86. The van der Waals surface area contributed by atoms with Gasteiger partial charge in [-0.1, -0.05) is 18.2 Å². The number of hydrogen-bond donors (Lipinski definition) is 1. The van der Waals surface area contributed by atoms with Gasteiger partial charge in [-0.2, -0.15) is 0 Å². The van der Waals surface area contributed by atoms with Gasteiger partial charge in [0.05, 0.1) is 11.3 Å². The topological polar surface area (TPSA) is 53.2 Å². The van der Waals surface area contributed by atoms with E-state index in [0.717, 1.165) is 28.2 Å². The number of hydrogen-bond acceptors (Lipinski definition) is 2. The van der Waals surface area contributed by atoms with Crippen molar-refractivity contribution in [2.75, 3.05) is 18.0 Å². The quantitative estimate of drug-likeness (QED) is 0.671. The summed E-state index contributed by atoms with van der Waals surface area (Å²) in [6.45, 7) is 7.23. The van der Waals surface area contributed by atoms with E-state index in [4.69, 9.17) is 0 Å². The molecule has 2 aromatic rings. The van der Waals surface area contributed by atoms with Gasteiger partial charge < -0.3 is 9.55 Å². The molecule has 1 aromatic carbocycles. The Morgan fingerprint density at radius 3 is 2.45 bits per heavy atom. The van der Waals surface area contributed by atoms with Crippen LogP contribution in [0.2, 0.25) is 0 Å². The average Bonchev–Trinajstić information content (AvgIpc) is 2.87. The molecule has 4 nitrogen and oxygen atoms in total. The molecule has 1 aliphatic heterocycles. The van der Waals surface area contributed by atoms with Crippen molar-refractivity contribution in [3.05, 3.63) is 52.8 Å². The number of aromatic amines is 1. The Hall–Kier alpha value is -2.06. The Labute approximate surface area is 130 Å². The van der Waals surface area contributed by atoms with Gasteiger partial charge in [0.25, 0.3) is 5.91 Å². The van der Waals surface area contributed by atoms with E-state index in [-0.39, 0.29) is 5.91 Å². The molecule has 0 saturated heterocycles. The Morgan fingerprint density at radius 1 is 1.18 bits per heavy atom. The highest BCUT2D eigenvalue weighted by Crippen LogP contribution is 2.52. The molecule has 0 spiro atoms. The molecule has 3 rings (SSSR count). The number of rotatable bonds is 2. The first-order chi connectivity index (χ1) is 10.3. The van der Waals surface area contributed by atoms with Gasteiger partial charge in [-0.05, 0) is 37.6 Å². The molecule has 2 heterocycles. The van der Waals surface area contributed by atoms with Crippen LogP contribution in [0.1, 0.15) is 22.5 Å². The summed E-state index contributed by atoms with van der Waals surface area (Å²) in [5.74, 6) is -0.193. The summed E-state index contributed by atoms with van der Waals surface area (Å²) in [7, 11) is -2.72. The molecule has 0 aliphatic carbocycles. The zero-order valence-electron chi connectivity index (χ0n) is 13.2. The van der Waals surface area contributed by atoms with E-state index in [1.807, 2.05) is 50.3 Å². The van der Waals surface area contributed by atoms with Crippen molar-refractivity contribution in [1.29, 1.82) is 0 Å². The SMILES string of the molecule is Cc1cc(C)c(/C=C2\C(=O)N(P(C)(C)=O)c3ccccc32)[nH]1. The van der Waals surface area contributed by atoms with Crippen LogP contribution in [0.3, 0.4) is 0 Å². The number of fused-ring (bicyclic) bond motifs is 1. The number of aromatic nitrogens is 1. The Morgan fingerprint density at radius 2 is 1.86 bits per heavy atom. The minimum atomic E-state index is -2.72. The summed E-state index contributed by atoms with van der Waals surface area (Å²) in [6, 6.07) is 9.55. The van der Waals surface area contributed by atoms with Gasteiger partial charge in [0, 0.05) is 30.3 Å². The highest BCUT2D eigenvalue weighted by atomic mass is 31.2. The van der Waals surface area contributed by atoms with Crippen molar-refractivity contribution in [1.82, 2.24) is 4.98 Å². The molecular weight excluding hydrogens is 295 g/mol. The van der Waals surface area contributed by atoms with Crippen molar-refractivity contribution in [2.45, 2.75) is 13.8 Å². The first kappa shape index (κ1) is 14.9. The molecule has 0 radical (unpaired) electrons. The lowest BCUT2D eigenvalue weighted by molar-refractivity contribution is -0.111. The third-order valence-electron chi connectivity index (χ3n) is 3.81. The van der Waals surface area contributed by atoms with E-state index in [2.05, 4.69) is 4.98 Å². The minimum Gasteiger partial charge on any atom is -0.359 e. The number of nitrogens with zero attached hydrogens (tertiary/aromatic N) is 1. The molecule has 22 heavy (non-hydrogen) atoms. The smallest absolute Gasteiger partial charge is 0.264 e. The van der Waals surface area contributed by atoms with E-state index in [9.17, 15) is 9.36 Å². The van der Waals surface area contributed by atoms with Crippen molar-refractivity contribution in [3.63, 3.8) is 0 Å². The maximum Gasteiger partial charge on any atom is 0.264 e. The molecule has 0 fully saturated rings. The molecule has 114 valence electrons. The van der Waals surface area contributed by atoms with Crippen LogP contribution in [0.4, 0.5) is 5.69 Å². The molecule has 0 atom stereocenters. The number of aryl methyl sites for hydroxylation is 2. The molecule has 0 bridgehead atoms. The maximum absolute atomic E-state index is 12.8. The van der Waals surface area contributed by atoms with Crippen LogP contribution in [0.15, 0.2) is 30.3 Å². The summed E-state index contributed by atoms with van der Waals surface area (Å²) >= 11 is 0. The van der Waals surface area contributed by atoms with Crippen LogP contribution >= 0.6 is 7.29 Å². The molecule has 1 amide bonds. The third-order valence-corrected chi connectivity index (χ3v) is 5.17. The second-order valence-corrected chi connectivity index (χ2v) is 9.02. The van der Waals surface area contributed by atoms with E-state index in [1.165, 1.54) is 4.67 Å². The summed E-state index contributed by atoms with van der Waals surface area (Å²) in [5.41, 5.74) is 5.21.